The van der Waals surface area contributed by atoms with Gasteiger partial charge in [-0.15, -0.1) is 11.3 Å². The number of hydrogen-bond acceptors (Lipinski definition) is 5. The maximum Gasteiger partial charge on any atom is 0.267 e. The van der Waals surface area contributed by atoms with Crippen molar-refractivity contribution in [2.75, 3.05) is 10.6 Å². The molecule has 0 atom stereocenters. The Kier molecular flexibility index (Phi) is 4.93. The Morgan fingerprint density at radius 1 is 1.52 bits per heavy atom. The number of rotatable bonds is 4. The number of benzene rings is 1. The molecule has 0 bridgehead atoms. The predicted octanol–water partition coefficient (Wildman–Crippen LogP) is 3.56. The monoisotopic (exact) mass is 318 g/mol. The number of amides is 1. The summed E-state index contributed by atoms with van der Waals surface area (Å²) in [6, 6.07) is 8.55. The van der Waals surface area contributed by atoms with Crippen LogP contribution in [0.3, 0.4) is 0 Å². The zero-order valence-electron chi connectivity index (χ0n) is 11.1. The normalized spacial score (nSPS) is 10.8. The van der Waals surface area contributed by atoms with E-state index in [4.69, 9.17) is 16.9 Å². The van der Waals surface area contributed by atoms with Crippen molar-refractivity contribution in [3.05, 3.63) is 52.1 Å². The predicted molar refractivity (Wildman–Crippen MR) is 84.3 cm³/mol. The molecular weight excluding hydrogens is 308 g/mol. The van der Waals surface area contributed by atoms with Crippen molar-refractivity contribution < 1.29 is 4.79 Å². The van der Waals surface area contributed by atoms with Crippen LogP contribution in [0.4, 0.5) is 10.8 Å². The largest absolute Gasteiger partial charge is 0.337 e. The Balaban J connectivity index is 2.06. The van der Waals surface area contributed by atoms with Crippen LogP contribution in [-0.2, 0) is 4.79 Å². The molecule has 1 heterocycles. The van der Waals surface area contributed by atoms with Crippen LogP contribution < -0.4 is 10.6 Å². The smallest absolute Gasteiger partial charge is 0.267 e. The minimum absolute atomic E-state index is 0.0529. The van der Waals surface area contributed by atoms with Crippen LogP contribution in [0.5, 0.6) is 0 Å². The fourth-order valence-electron chi connectivity index (χ4n) is 1.47. The van der Waals surface area contributed by atoms with Crippen LogP contribution in [0.1, 0.15) is 5.69 Å². The van der Waals surface area contributed by atoms with Crippen molar-refractivity contribution in [1.29, 1.82) is 5.26 Å². The Morgan fingerprint density at radius 3 is 2.95 bits per heavy atom. The van der Waals surface area contributed by atoms with E-state index in [2.05, 4.69) is 15.6 Å². The molecule has 2 N–H and O–H groups in total. The molecule has 0 saturated carbocycles. The average Bonchev–Trinajstić information content (AvgIpc) is 2.85. The lowest BCUT2D eigenvalue weighted by Gasteiger charge is -2.04. The van der Waals surface area contributed by atoms with Gasteiger partial charge in [0.05, 0.1) is 5.69 Å². The fraction of sp³-hybridized carbons (Fsp3) is 0.0714. The third kappa shape index (κ3) is 4.31. The standard InChI is InChI=1S/C14H11ClN4OS/c1-9-8-21-14(18-9)17-7-10(6-16)13(20)19-12-4-2-3-11(15)5-12/h2-5,7-8H,1H3,(H,17,18)(H,19,20)/b10-7-. The lowest BCUT2D eigenvalue weighted by Crippen LogP contribution is -2.14. The highest BCUT2D eigenvalue weighted by Gasteiger charge is 2.09. The van der Waals surface area contributed by atoms with Crippen molar-refractivity contribution in [2.45, 2.75) is 6.92 Å². The van der Waals surface area contributed by atoms with Crippen molar-refractivity contribution >= 4 is 39.7 Å². The van der Waals surface area contributed by atoms with Gasteiger partial charge in [0, 0.05) is 22.3 Å². The van der Waals surface area contributed by atoms with Crippen LogP contribution in [0.2, 0.25) is 5.02 Å². The number of carbonyl (C=O) groups excluding carboxylic acids is 1. The third-order valence-electron chi connectivity index (χ3n) is 2.41. The maximum absolute atomic E-state index is 12.0. The highest BCUT2D eigenvalue weighted by molar-refractivity contribution is 7.13. The molecule has 0 aliphatic heterocycles. The summed E-state index contributed by atoms with van der Waals surface area (Å²) in [5.74, 6) is -0.513. The van der Waals surface area contributed by atoms with Crippen molar-refractivity contribution in [1.82, 2.24) is 4.98 Å². The van der Waals surface area contributed by atoms with E-state index < -0.39 is 5.91 Å². The van der Waals surface area contributed by atoms with Gasteiger partial charge in [-0.25, -0.2) is 4.98 Å². The molecule has 0 fully saturated rings. The molecule has 2 rings (SSSR count). The van der Waals surface area contributed by atoms with Gasteiger partial charge in [0.25, 0.3) is 5.91 Å². The zero-order valence-corrected chi connectivity index (χ0v) is 12.6. The first-order valence-electron chi connectivity index (χ1n) is 5.94. The third-order valence-corrected chi connectivity index (χ3v) is 3.53. The van der Waals surface area contributed by atoms with Crippen LogP contribution >= 0.6 is 22.9 Å². The van der Waals surface area contributed by atoms with Gasteiger partial charge < -0.3 is 10.6 Å². The first kappa shape index (κ1) is 15.0. The number of anilines is 2. The average molecular weight is 319 g/mol. The molecule has 1 amide bonds. The molecule has 7 heteroatoms. The van der Waals surface area contributed by atoms with Crippen molar-refractivity contribution in [2.24, 2.45) is 0 Å². The van der Waals surface area contributed by atoms with Gasteiger partial charge in [0.15, 0.2) is 5.13 Å². The van der Waals surface area contributed by atoms with Gasteiger partial charge in [-0.3, -0.25) is 4.79 Å². The van der Waals surface area contributed by atoms with Gasteiger partial charge in [-0.05, 0) is 25.1 Å². The second kappa shape index (κ2) is 6.88. The number of carbonyl (C=O) groups is 1. The molecule has 5 nitrogen and oxygen atoms in total. The van der Waals surface area contributed by atoms with E-state index in [-0.39, 0.29) is 5.57 Å². The van der Waals surface area contributed by atoms with Crippen LogP contribution in [0.15, 0.2) is 41.4 Å². The van der Waals surface area contributed by atoms with E-state index in [0.29, 0.717) is 15.8 Å². The van der Waals surface area contributed by atoms with Gasteiger partial charge in [-0.2, -0.15) is 5.26 Å². The van der Waals surface area contributed by atoms with E-state index in [0.717, 1.165) is 5.69 Å². The molecule has 0 spiro atoms. The summed E-state index contributed by atoms with van der Waals surface area (Å²) in [6.07, 6.45) is 1.33. The number of aromatic nitrogens is 1. The second-order valence-electron chi connectivity index (χ2n) is 4.07. The summed E-state index contributed by atoms with van der Waals surface area (Å²) in [7, 11) is 0. The maximum atomic E-state index is 12.0. The summed E-state index contributed by atoms with van der Waals surface area (Å²) in [4.78, 5) is 16.2. The van der Waals surface area contributed by atoms with E-state index in [1.807, 2.05) is 18.4 Å². The van der Waals surface area contributed by atoms with Crippen molar-refractivity contribution in [3.63, 3.8) is 0 Å². The molecule has 0 radical (unpaired) electrons. The molecule has 2 aromatic rings. The molecule has 1 aromatic heterocycles. The number of halogens is 1. The number of nitrogens with one attached hydrogen (secondary N) is 2. The first-order chi connectivity index (χ1) is 10.1. The summed E-state index contributed by atoms with van der Waals surface area (Å²) >= 11 is 7.23. The molecule has 0 unspecified atom stereocenters. The van der Waals surface area contributed by atoms with Gasteiger partial charge in [0.2, 0.25) is 0 Å². The lowest BCUT2D eigenvalue weighted by molar-refractivity contribution is -0.112. The number of nitrogens with zero attached hydrogens (tertiary/aromatic N) is 2. The quantitative estimate of drug-likeness (QED) is 0.667. The Labute approximate surface area is 130 Å². The number of thiazole rings is 1. The Morgan fingerprint density at radius 2 is 2.33 bits per heavy atom. The second-order valence-corrected chi connectivity index (χ2v) is 5.37. The zero-order chi connectivity index (χ0) is 15.2. The van der Waals surface area contributed by atoms with Crippen LogP contribution in [-0.4, -0.2) is 10.9 Å². The van der Waals surface area contributed by atoms with E-state index in [1.54, 1.807) is 24.3 Å². The van der Waals surface area contributed by atoms with Crippen molar-refractivity contribution in [3.8, 4) is 6.07 Å². The summed E-state index contributed by atoms with van der Waals surface area (Å²) in [6.45, 7) is 1.86. The SMILES string of the molecule is Cc1csc(N/C=C(/C#N)C(=O)Nc2cccc(Cl)c2)n1. The minimum Gasteiger partial charge on any atom is -0.337 e. The van der Waals surface area contributed by atoms with Crippen LogP contribution in [0.25, 0.3) is 0 Å². The molecule has 106 valence electrons. The van der Waals surface area contributed by atoms with Gasteiger partial charge >= 0.3 is 0 Å². The minimum atomic E-state index is -0.513. The first-order valence-corrected chi connectivity index (χ1v) is 7.20. The van der Waals surface area contributed by atoms with E-state index in [1.165, 1.54) is 17.5 Å². The Bertz CT molecular complexity index is 733. The molecule has 1 aromatic carbocycles. The highest BCUT2D eigenvalue weighted by Crippen LogP contribution is 2.17. The summed E-state index contributed by atoms with van der Waals surface area (Å²) in [5, 5.41) is 17.5. The fourth-order valence-corrected chi connectivity index (χ4v) is 2.32. The number of hydrogen-bond donors (Lipinski definition) is 2. The number of nitriles is 1. The van der Waals surface area contributed by atoms with E-state index >= 15 is 0 Å². The number of aryl methyl sites for hydroxylation is 1. The Hall–Kier alpha value is -2.36. The summed E-state index contributed by atoms with van der Waals surface area (Å²) < 4.78 is 0. The van der Waals surface area contributed by atoms with Gasteiger partial charge in [0.1, 0.15) is 11.6 Å². The topological polar surface area (TPSA) is 77.8 Å². The summed E-state index contributed by atoms with van der Waals surface area (Å²) in [5.41, 5.74) is 1.35. The molecule has 0 aliphatic carbocycles. The molecule has 0 saturated heterocycles. The molecule has 0 aliphatic rings. The van der Waals surface area contributed by atoms with Crippen LogP contribution in [0, 0.1) is 18.3 Å². The lowest BCUT2D eigenvalue weighted by atomic mass is 10.2. The molecule has 21 heavy (non-hydrogen) atoms. The van der Waals surface area contributed by atoms with E-state index in [9.17, 15) is 4.79 Å². The van der Waals surface area contributed by atoms with Gasteiger partial charge in [-0.1, -0.05) is 17.7 Å². The highest BCUT2D eigenvalue weighted by atomic mass is 35.5. The molecular formula is C14H11ClN4OS.